The van der Waals surface area contributed by atoms with Gasteiger partial charge < -0.3 is 15.9 Å². The van der Waals surface area contributed by atoms with Gasteiger partial charge in [0, 0.05) is 5.56 Å². The Hall–Kier alpha value is -2.15. The van der Waals surface area contributed by atoms with E-state index in [9.17, 15) is 9.59 Å². The molecule has 0 aliphatic heterocycles. The Morgan fingerprint density at radius 1 is 1.33 bits per heavy atom. The van der Waals surface area contributed by atoms with Gasteiger partial charge in [-0.05, 0) is 31.3 Å². The number of nitrogens with two attached hydrogens (primary N) is 1. The van der Waals surface area contributed by atoms with Crippen molar-refractivity contribution in [1.82, 2.24) is 10.8 Å². The summed E-state index contributed by atoms with van der Waals surface area (Å²) in [7, 11) is 0. The number of carbonyl (C=O) groups is 2. The monoisotopic (exact) mass is 267 g/mol. The van der Waals surface area contributed by atoms with Crippen molar-refractivity contribution in [1.29, 1.82) is 0 Å². The highest BCUT2D eigenvalue weighted by Gasteiger charge is 2.18. The lowest BCUT2D eigenvalue weighted by Crippen LogP contribution is -2.43. The number of hydrogen-bond acceptors (Lipinski definition) is 4. The number of carbonyl (C=O) groups excluding carboxylic acids is 2. The van der Waals surface area contributed by atoms with Crippen molar-refractivity contribution in [3.63, 3.8) is 0 Å². The second-order valence-electron chi connectivity index (χ2n) is 3.45. The molecule has 4 N–H and O–H groups in total. The standard InChI is InChI=1S/C11H13N3O3S/c1-7(10(16)17-14-11(12)18)13-9(15)8-5-3-2-4-6-8/h2-7H,1H3,(H,13,15)(H3,12,14,18)/t7-/m0/s1. The largest absolute Gasteiger partial charge is 0.374 e. The molecule has 1 atom stereocenters. The van der Waals surface area contributed by atoms with Crippen molar-refractivity contribution < 1.29 is 14.4 Å². The number of hydroxylamine groups is 1. The van der Waals surface area contributed by atoms with Gasteiger partial charge in [-0.15, -0.1) is 0 Å². The number of amides is 1. The van der Waals surface area contributed by atoms with E-state index in [0.29, 0.717) is 5.56 Å². The van der Waals surface area contributed by atoms with Crippen molar-refractivity contribution in [2.45, 2.75) is 13.0 Å². The predicted molar refractivity (Wildman–Crippen MR) is 69.4 cm³/mol. The molecular formula is C11H13N3O3S. The van der Waals surface area contributed by atoms with Crippen LogP contribution >= 0.6 is 12.2 Å². The normalized spacial score (nSPS) is 11.2. The van der Waals surface area contributed by atoms with Gasteiger partial charge in [0.15, 0.2) is 5.11 Å². The lowest BCUT2D eigenvalue weighted by atomic mass is 10.2. The summed E-state index contributed by atoms with van der Waals surface area (Å²) in [4.78, 5) is 27.6. The van der Waals surface area contributed by atoms with Gasteiger partial charge in [0.1, 0.15) is 6.04 Å². The summed E-state index contributed by atoms with van der Waals surface area (Å²) in [6, 6.07) is 7.71. The van der Waals surface area contributed by atoms with Gasteiger partial charge in [-0.1, -0.05) is 18.2 Å². The zero-order chi connectivity index (χ0) is 13.5. The number of rotatable bonds is 3. The topological polar surface area (TPSA) is 93.5 Å². The Kier molecular flexibility index (Phi) is 5.06. The molecule has 0 unspecified atom stereocenters. The van der Waals surface area contributed by atoms with E-state index in [1.54, 1.807) is 30.3 Å². The van der Waals surface area contributed by atoms with Crippen LogP contribution in [-0.4, -0.2) is 23.0 Å². The van der Waals surface area contributed by atoms with Gasteiger partial charge in [-0.2, -0.15) is 5.48 Å². The van der Waals surface area contributed by atoms with Crippen LogP contribution in [0.25, 0.3) is 0 Å². The van der Waals surface area contributed by atoms with E-state index < -0.39 is 12.0 Å². The van der Waals surface area contributed by atoms with Gasteiger partial charge in [0.05, 0.1) is 0 Å². The maximum atomic E-state index is 11.7. The molecule has 0 fully saturated rings. The quantitative estimate of drug-likeness (QED) is 0.531. The molecule has 0 radical (unpaired) electrons. The molecule has 96 valence electrons. The first-order valence-electron chi connectivity index (χ1n) is 5.12. The summed E-state index contributed by atoms with van der Waals surface area (Å²) in [6.07, 6.45) is 0. The van der Waals surface area contributed by atoms with Gasteiger partial charge in [-0.25, -0.2) is 4.79 Å². The second kappa shape index (κ2) is 6.55. The molecule has 1 rings (SSSR count). The molecule has 1 aromatic rings. The van der Waals surface area contributed by atoms with Gasteiger partial charge in [0.25, 0.3) is 5.91 Å². The van der Waals surface area contributed by atoms with Crippen LogP contribution < -0.4 is 16.5 Å². The van der Waals surface area contributed by atoms with Gasteiger partial charge in [0.2, 0.25) is 0 Å². The molecule has 1 amide bonds. The Morgan fingerprint density at radius 2 is 1.94 bits per heavy atom. The van der Waals surface area contributed by atoms with E-state index >= 15 is 0 Å². The minimum absolute atomic E-state index is 0.162. The summed E-state index contributed by atoms with van der Waals surface area (Å²) in [5.74, 6) is -1.05. The van der Waals surface area contributed by atoms with Crippen LogP contribution in [0.5, 0.6) is 0 Å². The fourth-order valence-corrected chi connectivity index (χ4v) is 1.16. The van der Waals surface area contributed by atoms with Crippen LogP contribution in [-0.2, 0) is 9.63 Å². The smallest absolute Gasteiger partial charge is 0.353 e. The summed E-state index contributed by atoms with van der Waals surface area (Å²) in [5, 5.41) is 2.32. The van der Waals surface area contributed by atoms with Crippen LogP contribution in [0.3, 0.4) is 0 Å². The number of benzene rings is 1. The second-order valence-corrected chi connectivity index (χ2v) is 3.89. The number of nitrogens with one attached hydrogen (secondary N) is 2. The minimum Gasteiger partial charge on any atom is -0.374 e. The first-order chi connectivity index (χ1) is 8.50. The van der Waals surface area contributed by atoms with E-state index in [1.165, 1.54) is 6.92 Å². The molecule has 6 nitrogen and oxygen atoms in total. The highest BCUT2D eigenvalue weighted by atomic mass is 32.1. The SMILES string of the molecule is C[C@H](NC(=O)c1ccccc1)C(=O)ONC(N)=S. The summed E-state index contributed by atoms with van der Waals surface area (Å²) in [5.41, 5.74) is 7.59. The first-order valence-corrected chi connectivity index (χ1v) is 5.53. The Labute approximate surface area is 109 Å². The fraction of sp³-hybridized carbons (Fsp3) is 0.182. The van der Waals surface area contributed by atoms with Crippen LogP contribution in [0.2, 0.25) is 0 Å². The highest BCUT2D eigenvalue weighted by Crippen LogP contribution is 1.99. The molecule has 0 aromatic heterocycles. The van der Waals surface area contributed by atoms with Gasteiger partial charge >= 0.3 is 5.97 Å². The molecule has 0 saturated heterocycles. The molecule has 18 heavy (non-hydrogen) atoms. The third-order valence-corrected chi connectivity index (χ3v) is 2.07. The first kappa shape index (κ1) is 13.9. The molecule has 0 bridgehead atoms. The molecular weight excluding hydrogens is 254 g/mol. The zero-order valence-electron chi connectivity index (χ0n) is 9.67. The Balaban J connectivity index is 2.49. The number of thiocarbonyl (C=S) groups is 1. The summed E-state index contributed by atoms with van der Waals surface area (Å²) >= 11 is 4.47. The van der Waals surface area contributed by atoms with E-state index in [2.05, 4.69) is 22.4 Å². The molecule has 0 saturated carbocycles. The average Bonchev–Trinajstić information content (AvgIpc) is 2.36. The third kappa shape index (κ3) is 4.38. The summed E-state index contributed by atoms with van der Waals surface area (Å²) in [6.45, 7) is 1.49. The minimum atomic E-state index is -0.820. The van der Waals surface area contributed by atoms with Crippen molar-refractivity contribution in [3.8, 4) is 0 Å². The van der Waals surface area contributed by atoms with Crippen molar-refractivity contribution >= 4 is 29.2 Å². The van der Waals surface area contributed by atoms with Crippen molar-refractivity contribution in [2.24, 2.45) is 5.73 Å². The predicted octanol–water partition coefficient (Wildman–Crippen LogP) is 0.0963. The molecule has 1 aromatic carbocycles. The fourth-order valence-electron chi connectivity index (χ4n) is 1.12. The van der Waals surface area contributed by atoms with E-state index in [0.717, 1.165) is 0 Å². The average molecular weight is 267 g/mol. The van der Waals surface area contributed by atoms with Crippen LogP contribution in [0, 0.1) is 0 Å². The Bertz CT molecular complexity index is 450. The molecule has 0 spiro atoms. The van der Waals surface area contributed by atoms with Gasteiger partial charge in [-0.3, -0.25) is 4.79 Å². The Morgan fingerprint density at radius 3 is 2.50 bits per heavy atom. The lowest BCUT2D eigenvalue weighted by molar-refractivity contribution is -0.149. The zero-order valence-corrected chi connectivity index (χ0v) is 10.5. The third-order valence-electron chi connectivity index (χ3n) is 1.99. The van der Waals surface area contributed by atoms with Crippen LogP contribution in [0.4, 0.5) is 0 Å². The number of hydrogen-bond donors (Lipinski definition) is 3. The maximum absolute atomic E-state index is 11.7. The van der Waals surface area contributed by atoms with E-state index in [1.807, 2.05) is 5.48 Å². The van der Waals surface area contributed by atoms with Crippen molar-refractivity contribution in [3.05, 3.63) is 35.9 Å². The van der Waals surface area contributed by atoms with E-state index in [4.69, 9.17) is 5.73 Å². The molecule has 0 aliphatic carbocycles. The summed E-state index contributed by atoms with van der Waals surface area (Å²) < 4.78 is 0. The maximum Gasteiger partial charge on any atom is 0.353 e. The van der Waals surface area contributed by atoms with E-state index in [-0.39, 0.29) is 11.0 Å². The molecule has 7 heteroatoms. The molecule has 0 heterocycles. The van der Waals surface area contributed by atoms with Crippen molar-refractivity contribution in [2.75, 3.05) is 0 Å². The van der Waals surface area contributed by atoms with Crippen LogP contribution in [0.1, 0.15) is 17.3 Å². The van der Waals surface area contributed by atoms with Crippen LogP contribution in [0.15, 0.2) is 30.3 Å². The lowest BCUT2D eigenvalue weighted by Gasteiger charge is -2.12. The highest BCUT2D eigenvalue weighted by molar-refractivity contribution is 7.80. The molecule has 0 aliphatic rings.